The second-order valence-electron chi connectivity index (χ2n) is 5.68. The zero-order valence-corrected chi connectivity index (χ0v) is 12.8. The lowest BCUT2D eigenvalue weighted by molar-refractivity contribution is -0.123. The molecular formula is C14H21F3N4O. The number of H-pyrrole nitrogens is 1. The van der Waals surface area contributed by atoms with Gasteiger partial charge in [0.1, 0.15) is 6.54 Å². The van der Waals surface area contributed by atoms with E-state index >= 15 is 0 Å². The molecule has 22 heavy (non-hydrogen) atoms. The zero-order chi connectivity index (χ0) is 16.3. The van der Waals surface area contributed by atoms with Crippen LogP contribution in [0.2, 0.25) is 0 Å². The Labute approximate surface area is 127 Å². The summed E-state index contributed by atoms with van der Waals surface area (Å²) < 4.78 is 36.9. The van der Waals surface area contributed by atoms with Crippen molar-refractivity contribution < 1.29 is 18.0 Å². The van der Waals surface area contributed by atoms with Gasteiger partial charge < -0.3 is 10.2 Å². The van der Waals surface area contributed by atoms with E-state index < -0.39 is 18.8 Å². The number of amides is 2. The van der Waals surface area contributed by atoms with E-state index in [1.54, 1.807) is 0 Å². The highest BCUT2D eigenvalue weighted by atomic mass is 19.4. The van der Waals surface area contributed by atoms with Gasteiger partial charge in [0.2, 0.25) is 0 Å². The van der Waals surface area contributed by atoms with Crippen LogP contribution in [0.25, 0.3) is 0 Å². The smallest absolute Gasteiger partial charge is 0.329 e. The van der Waals surface area contributed by atoms with E-state index in [-0.39, 0.29) is 6.04 Å². The van der Waals surface area contributed by atoms with Gasteiger partial charge in [-0.25, -0.2) is 4.79 Å². The predicted molar refractivity (Wildman–Crippen MR) is 75.4 cm³/mol. The van der Waals surface area contributed by atoms with Crippen LogP contribution in [0.3, 0.4) is 0 Å². The normalized spacial score (nSPS) is 19.9. The number of aryl methyl sites for hydroxylation is 2. The van der Waals surface area contributed by atoms with Gasteiger partial charge in [-0.1, -0.05) is 12.8 Å². The van der Waals surface area contributed by atoms with Gasteiger partial charge in [-0.2, -0.15) is 18.3 Å². The van der Waals surface area contributed by atoms with Crippen LogP contribution in [-0.2, 0) is 0 Å². The molecule has 0 aromatic carbocycles. The number of carbonyl (C=O) groups excluding carboxylic acids is 1. The number of carbonyl (C=O) groups is 1. The standard InChI is InChI=1S/C14H21F3N4O/c1-9-12(10(2)20-19-9)11-6-4-3-5-7-21(11)13(22)18-8-14(15,16)17/h11H,3-8H2,1-2H3,(H,18,22)(H,19,20)/t11-/m0/s1. The summed E-state index contributed by atoms with van der Waals surface area (Å²) >= 11 is 0. The molecule has 0 saturated carbocycles. The van der Waals surface area contributed by atoms with Crippen molar-refractivity contribution in [2.75, 3.05) is 13.1 Å². The first-order valence-corrected chi connectivity index (χ1v) is 7.42. The van der Waals surface area contributed by atoms with Crippen LogP contribution in [0, 0.1) is 13.8 Å². The van der Waals surface area contributed by atoms with Gasteiger partial charge >= 0.3 is 12.2 Å². The lowest BCUT2D eigenvalue weighted by Crippen LogP contribution is -2.45. The second kappa shape index (κ2) is 6.58. The average molecular weight is 318 g/mol. The molecule has 0 unspecified atom stereocenters. The molecule has 1 aromatic heterocycles. The summed E-state index contributed by atoms with van der Waals surface area (Å²) in [5.41, 5.74) is 2.57. The lowest BCUT2D eigenvalue weighted by atomic mass is 9.99. The third-order valence-electron chi connectivity index (χ3n) is 3.97. The van der Waals surface area contributed by atoms with Crippen LogP contribution in [0.1, 0.15) is 48.7 Å². The molecule has 0 spiro atoms. The maximum Gasteiger partial charge on any atom is 0.405 e. The maximum atomic E-state index is 12.3. The van der Waals surface area contributed by atoms with Crippen molar-refractivity contribution in [3.8, 4) is 0 Å². The van der Waals surface area contributed by atoms with Gasteiger partial charge in [-0.3, -0.25) is 5.10 Å². The van der Waals surface area contributed by atoms with Crippen molar-refractivity contribution in [3.63, 3.8) is 0 Å². The maximum absolute atomic E-state index is 12.3. The molecule has 0 bridgehead atoms. The van der Waals surface area contributed by atoms with Crippen LogP contribution in [-0.4, -0.2) is 40.4 Å². The Hall–Kier alpha value is -1.73. The lowest BCUT2D eigenvalue weighted by Gasteiger charge is -2.30. The molecule has 1 fully saturated rings. The number of aromatic amines is 1. The van der Waals surface area contributed by atoms with Crippen LogP contribution < -0.4 is 5.32 Å². The fraction of sp³-hybridized carbons (Fsp3) is 0.714. The van der Waals surface area contributed by atoms with E-state index in [1.807, 2.05) is 19.2 Å². The van der Waals surface area contributed by atoms with Crippen molar-refractivity contribution in [1.29, 1.82) is 0 Å². The highest BCUT2D eigenvalue weighted by molar-refractivity contribution is 5.75. The summed E-state index contributed by atoms with van der Waals surface area (Å²) in [5.74, 6) is 0. The fourth-order valence-corrected chi connectivity index (χ4v) is 2.98. The first kappa shape index (κ1) is 16.6. The molecule has 1 atom stereocenters. The molecule has 2 rings (SSSR count). The topological polar surface area (TPSA) is 61.0 Å². The SMILES string of the molecule is Cc1n[nH]c(C)c1[C@@H]1CCCCCN1C(=O)NCC(F)(F)F. The average Bonchev–Trinajstić information content (AvgIpc) is 2.66. The Morgan fingerprint density at radius 1 is 1.36 bits per heavy atom. The number of aromatic nitrogens is 2. The Balaban J connectivity index is 2.19. The number of nitrogens with zero attached hydrogens (tertiary/aromatic N) is 2. The van der Waals surface area contributed by atoms with Gasteiger partial charge in [0, 0.05) is 17.8 Å². The van der Waals surface area contributed by atoms with E-state index in [1.165, 1.54) is 4.90 Å². The monoisotopic (exact) mass is 318 g/mol. The first-order chi connectivity index (χ1) is 10.3. The van der Waals surface area contributed by atoms with Crippen LogP contribution >= 0.6 is 0 Å². The number of urea groups is 1. The number of likely N-dealkylation sites (tertiary alicyclic amines) is 1. The van der Waals surface area contributed by atoms with E-state index in [4.69, 9.17) is 0 Å². The molecular weight excluding hydrogens is 297 g/mol. The number of alkyl halides is 3. The van der Waals surface area contributed by atoms with Gasteiger partial charge in [0.25, 0.3) is 0 Å². The fourth-order valence-electron chi connectivity index (χ4n) is 2.98. The molecule has 1 aliphatic heterocycles. The summed E-state index contributed by atoms with van der Waals surface area (Å²) in [4.78, 5) is 13.7. The predicted octanol–water partition coefficient (Wildman–Crippen LogP) is 3.22. The Bertz CT molecular complexity index is 507. The summed E-state index contributed by atoms with van der Waals surface area (Å²) in [5, 5.41) is 9.00. The summed E-state index contributed by atoms with van der Waals surface area (Å²) in [6.45, 7) is 2.86. The summed E-state index contributed by atoms with van der Waals surface area (Å²) in [7, 11) is 0. The van der Waals surface area contributed by atoms with E-state index in [2.05, 4.69) is 10.2 Å². The van der Waals surface area contributed by atoms with E-state index in [0.29, 0.717) is 6.54 Å². The molecule has 0 radical (unpaired) electrons. The molecule has 1 saturated heterocycles. The van der Waals surface area contributed by atoms with Gasteiger partial charge in [0.15, 0.2) is 0 Å². The van der Waals surface area contributed by atoms with Crippen molar-refractivity contribution in [2.45, 2.75) is 51.7 Å². The van der Waals surface area contributed by atoms with Crippen molar-refractivity contribution in [1.82, 2.24) is 20.4 Å². The minimum absolute atomic E-state index is 0.227. The van der Waals surface area contributed by atoms with Crippen LogP contribution in [0.15, 0.2) is 0 Å². The van der Waals surface area contributed by atoms with Crippen LogP contribution in [0.4, 0.5) is 18.0 Å². The third kappa shape index (κ3) is 3.92. The zero-order valence-electron chi connectivity index (χ0n) is 12.8. The largest absolute Gasteiger partial charge is 0.405 e. The molecule has 124 valence electrons. The highest BCUT2D eigenvalue weighted by Gasteiger charge is 2.33. The third-order valence-corrected chi connectivity index (χ3v) is 3.97. The van der Waals surface area contributed by atoms with Gasteiger partial charge in [-0.15, -0.1) is 0 Å². The Morgan fingerprint density at radius 3 is 2.68 bits per heavy atom. The van der Waals surface area contributed by atoms with E-state index in [9.17, 15) is 18.0 Å². The molecule has 2 N–H and O–H groups in total. The molecule has 8 heteroatoms. The number of hydrogen-bond acceptors (Lipinski definition) is 2. The minimum Gasteiger partial charge on any atom is -0.329 e. The van der Waals surface area contributed by atoms with Crippen molar-refractivity contribution in [3.05, 3.63) is 17.0 Å². The molecule has 0 aliphatic carbocycles. The number of halogens is 3. The minimum atomic E-state index is -4.40. The van der Waals surface area contributed by atoms with Gasteiger partial charge in [0.05, 0.1) is 11.7 Å². The van der Waals surface area contributed by atoms with E-state index in [0.717, 1.165) is 42.6 Å². The molecule has 2 amide bonds. The molecule has 1 aliphatic rings. The summed E-state index contributed by atoms with van der Waals surface area (Å²) in [6, 6.07) is -0.890. The molecule has 5 nitrogen and oxygen atoms in total. The molecule has 2 heterocycles. The molecule has 1 aromatic rings. The Kier molecular flexibility index (Phi) is 4.97. The van der Waals surface area contributed by atoms with Gasteiger partial charge in [-0.05, 0) is 26.7 Å². The second-order valence-corrected chi connectivity index (χ2v) is 5.68. The number of rotatable bonds is 2. The Morgan fingerprint density at radius 2 is 2.09 bits per heavy atom. The quantitative estimate of drug-likeness (QED) is 0.879. The van der Waals surface area contributed by atoms with Crippen LogP contribution in [0.5, 0.6) is 0 Å². The number of hydrogen-bond donors (Lipinski definition) is 2. The van der Waals surface area contributed by atoms with Crippen molar-refractivity contribution in [2.24, 2.45) is 0 Å². The first-order valence-electron chi connectivity index (χ1n) is 7.42. The van der Waals surface area contributed by atoms with Crippen molar-refractivity contribution >= 4 is 6.03 Å². The highest BCUT2D eigenvalue weighted by Crippen LogP contribution is 2.33. The summed E-state index contributed by atoms with van der Waals surface area (Å²) in [6.07, 6.45) is -0.960. The number of nitrogens with one attached hydrogen (secondary N) is 2.